The van der Waals surface area contributed by atoms with E-state index in [2.05, 4.69) is 4.98 Å². The largest absolute Gasteiger partial charge is 0.295 e. The number of para-hydroxylation sites is 1. The minimum atomic E-state index is -0.837. The molecule has 3 rings (SSSR count). The number of hydrogen-bond acceptors (Lipinski definition) is 6. The predicted octanol–water partition coefficient (Wildman–Crippen LogP) is 0.933. The molecule has 2 amide bonds. The van der Waals surface area contributed by atoms with Gasteiger partial charge in [-0.15, -0.1) is 0 Å². The van der Waals surface area contributed by atoms with Crippen LogP contribution >= 0.6 is 0 Å². The van der Waals surface area contributed by atoms with Gasteiger partial charge in [0.1, 0.15) is 11.9 Å². The lowest BCUT2D eigenvalue weighted by molar-refractivity contribution is -0.383. The van der Waals surface area contributed by atoms with Gasteiger partial charge in [-0.05, 0) is 19.4 Å². The van der Waals surface area contributed by atoms with E-state index in [0.717, 1.165) is 4.90 Å². The molecule has 2 aromatic rings. The number of non-ortho nitro benzene ring substituents is 1. The second-order valence-corrected chi connectivity index (χ2v) is 5.61. The van der Waals surface area contributed by atoms with Crippen LogP contribution in [0.25, 0.3) is 10.9 Å². The zero-order valence-electron chi connectivity index (χ0n) is 13.1. The second kappa shape index (κ2) is 5.52. The minimum Gasteiger partial charge on any atom is -0.284 e. The number of fused-ring (bicyclic) bond motifs is 1. The first kappa shape index (κ1) is 15.8. The quantitative estimate of drug-likeness (QED) is 0.459. The number of likely N-dealkylation sites (tertiary alicyclic amines) is 1. The lowest BCUT2D eigenvalue weighted by Gasteiger charge is -2.29. The Hall–Kier alpha value is -3.10. The lowest BCUT2D eigenvalue weighted by atomic mass is 10.0. The van der Waals surface area contributed by atoms with Crippen LogP contribution in [-0.2, 0) is 9.59 Å². The molecule has 2 heterocycles. The standard InChI is InChI=1S/C15H14N4O5/c1-8-16-13-9(4-3-5-10(13)19(23)24)14(21)18(8)11-6-7-12(20)17(2)15(11)22/h3-5,11H,6-7H2,1-2H3. The number of benzene rings is 1. The molecule has 9 nitrogen and oxygen atoms in total. The van der Waals surface area contributed by atoms with Gasteiger partial charge in [0.25, 0.3) is 17.2 Å². The highest BCUT2D eigenvalue weighted by molar-refractivity contribution is 5.99. The highest BCUT2D eigenvalue weighted by Gasteiger charge is 2.35. The fourth-order valence-electron chi connectivity index (χ4n) is 2.97. The first-order chi connectivity index (χ1) is 11.3. The van der Waals surface area contributed by atoms with Crippen molar-refractivity contribution >= 4 is 28.4 Å². The number of amides is 2. The summed E-state index contributed by atoms with van der Waals surface area (Å²) in [6.45, 7) is 1.52. The van der Waals surface area contributed by atoms with E-state index < -0.39 is 22.4 Å². The number of nitro groups is 1. The molecule has 0 aliphatic carbocycles. The van der Waals surface area contributed by atoms with E-state index >= 15 is 0 Å². The van der Waals surface area contributed by atoms with Gasteiger partial charge >= 0.3 is 0 Å². The van der Waals surface area contributed by atoms with Crippen molar-refractivity contribution in [2.45, 2.75) is 25.8 Å². The number of imide groups is 1. The van der Waals surface area contributed by atoms with Gasteiger partial charge in [0.2, 0.25) is 5.91 Å². The summed E-state index contributed by atoms with van der Waals surface area (Å²) in [4.78, 5) is 52.5. The summed E-state index contributed by atoms with van der Waals surface area (Å²) in [6, 6.07) is 3.28. The number of hydrogen-bond donors (Lipinski definition) is 0. The second-order valence-electron chi connectivity index (χ2n) is 5.61. The zero-order chi connectivity index (χ0) is 17.6. The number of likely N-dealkylation sites (N-methyl/N-ethyl adjacent to an activating group) is 1. The van der Waals surface area contributed by atoms with Gasteiger partial charge in [0, 0.05) is 19.5 Å². The Bertz CT molecular complexity index is 949. The lowest BCUT2D eigenvalue weighted by Crippen LogP contribution is -2.46. The Kier molecular flexibility index (Phi) is 3.63. The molecule has 1 aromatic carbocycles. The highest BCUT2D eigenvalue weighted by atomic mass is 16.6. The summed E-state index contributed by atoms with van der Waals surface area (Å²) in [5.41, 5.74) is -0.793. The average molecular weight is 330 g/mol. The van der Waals surface area contributed by atoms with Crippen LogP contribution in [0.1, 0.15) is 24.7 Å². The Morgan fingerprint density at radius 1 is 1.29 bits per heavy atom. The Balaban J connectivity index is 2.24. The third-order valence-corrected chi connectivity index (χ3v) is 4.22. The molecule has 1 aromatic heterocycles. The highest BCUT2D eigenvalue weighted by Crippen LogP contribution is 2.26. The molecule has 1 aliphatic heterocycles. The predicted molar refractivity (Wildman–Crippen MR) is 83.4 cm³/mol. The Morgan fingerprint density at radius 3 is 2.67 bits per heavy atom. The van der Waals surface area contributed by atoms with Crippen molar-refractivity contribution in [2.24, 2.45) is 0 Å². The summed E-state index contributed by atoms with van der Waals surface area (Å²) in [5, 5.41) is 11.2. The number of rotatable bonds is 2. The molecule has 24 heavy (non-hydrogen) atoms. The SMILES string of the molecule is Cc1nc2c([N+](=O)[O-])cccc2c(=O)n1C1CCC(=O)N(C)C1=O. The molecule has 9 heteroatoms. The fraction of sp³-hybridized carbons (Fsp3) is 0.333. The van der Waals surface area contributed by atoms with Crippen LogP contribution < -0.4 is 5.56 Å². The van der Waals surface area contributed by atoms with Gasteiger partial charge in [-0.3, -0.25) is 34.0 Å². The molecule has 1 aliphatic rings. The number of nitro benzene ring substituents is 1. The maximum Gasteiger partial charge on any atom is 0.295 e. The van der Waals surface area contributed by atoms with Crippen LogP contribution in [0.2, 0.25) is 0 Å². The molecular formula is C15H14N4O5. The van der Waals surface area contributed by atoms with Crippen LogP contribution in [0.5, 0.6) is 0 Å². The summed E-state index contributed by atoms with van der Waals surface area (Å²) >= 11 is 0. The smallest absolute Gasteiger partial charge is 0.284 e. The average Bonchev–Trinajstić information content (AvgIpc) is 2.54. The number of carbonyl (C=O) groups is 2. The van der Waals surface area contributed by atoms with Crippen molar-refractivity contribution in [3.8, 4) is 0 Å². The van der Waals surface area contributed by atoms with E-state index in [1.807, 2.05) is 0 Å². The molecule has 0 radical (unpaired) electrons. The minimum absolute atomic E-state index is 0.00561. The normalized spacial score (nSPS) is 18.2. The fourth-order valence-corrected chi connectivity index (χ4v) is 2.97. The molecule has 0 saturated carbocycles. The molecule has 124 valence electrons. The Morgan fingerprint density at radius 2 is 2.00 bits per heavy atom. The zero-order valence-corrected chi connectivity index (χ0v) is 13.1. The first-order valence-electron chi connectivity index (χ1n) is 7.29. The molecule has 1 unspecified atom stereocenters. The van der Waals surface area contributed by atoms with E-state index in [9.17, 15) is 24.5 Å². The van der Waals surface area contributed by atoms with E-state index in [1.54, 1.807) is 0 Å². The summed E-state index contributed by atoms with van der Waals surface area (Å²) < 4.78 is 1.22. The summed E-state index contributed by atoms with van der Waals surface area (Å²) in [5.74, 6) is -0.586. The molecule has 0 bridgehead atoms. The van der Waals surface area contributed by atoms with Crippen molar-refractivity contribution in [3.05, 3.63) is 44.5 Å². The van der Waals surface area contributed by atoms with Gasteiger partial charge in [0.05, 0.1) is 10.3 Å². The molecule has 0 spiro atoms. The molecule has 0 N–H and O–H groups in total. The van der Waals surface area contributed by atoms with Crippen LogP contribution in [0.4, 0.5) is 5.69 Å². The number of aryl methyl sites for hydroxylation is 1. The van der Waals surface area contributed by atoms with Crippen molar-refractivity contribution in [1.29, 1.82) is 0 Å². The van der Waals surface area contributed by atoms with E-state index in [-0.39, 0.29) is 41.2 Å². The van der Waals surface area contributed by atoms with Gasteiger partial charge in [-0.25, -0.2) is 4.98 Å². The van der Waals surface area contributed by atoms with Crippen LogP contribution in [0, 0.1) is 17.0 Å². The summed E-state index contributed by atoms with van der Waals surface area (Å²) in [7, 11) is 1.37. The summed E-state index contributed by atoms with van der Waals surface area (Å²) in [6.07, 6.45) is 0.344. The van der Waals surface area contributed by atoms with Crippen LogP contribution in [0.3, 0.4) is 0 Å². The molecule has 1 atom stereocenters. The van der Waals surface area contributed by atoms with Gasteiger partial charge < -0.3 is 0 Å². The van der Waals surface area contributed by atoms with Crippen LogP contribution in [0.15, 0.2) is 23.0 Å². The number of piperidine rings is 1. The topological polar surface area (TPSA) is 115 Å². The van der Waals surface area contributed by atoms with Gasteiger partial charge in [-0.1, -0.05) is 6.07 Å². The monoisotopic (exact) mass is 330 g/mol. The molecule has 1 saturated heterocycles. The van der Waals surface area contributed by atoms with Gasteiger partial charge in [-0.2, -0.15) is 0 Å². The maximum atomic E-state index is 12.8. The van der Waals surface area contributed by atoms with E-state index in [4.69, 9.17) is 0 Å². The van der Waals surface area contributed by atoms with Crippen molar-refractivity contribution in [1.82, 2.24) is 14.5 Å². The molecule has 1 fully saturated rings. The van der Waals surface area contributed by atoms with Crippen molar-refractivity contribution < 1.29 is 14.5 Å². The van der Waals surface area contributed by atoms with Gasteiger partial charge in [0.15, 0.2) is 5.52 Å². The first-order valence-corrected chi connectivity index (χ1v) is 7.29. The van der Waals surface area contributed by atoms with E-state index in [0.29, 0.717) is 0 Å². The number of aromatic nitrogens is 2. The van der Waals surface area contributed by atoms with Crippen molar-refractivity contribution in [2.75, 3.05) is 7.05 Å². The maximum absolute atomic E-state index is 12.8. The Labute approximate surface area is 135 Å². The molecular weight excluding hydrogens is 316 g/mol. The van der Waals surface area contributed by atoms with E-state index in [1.165, 1.54) is 36.7 Å². The number of carbonyl (C=O) groups excluding carboxylic acids is 2. The number of nitrogens with zero attached hydrogens (tertiary/aromatic N) is 4. The van der Waals surface area contributed by atoms with Crippen LogP contribution in [-0.4, -0.2) is 38.2 Å². The third kappa shape index (κ3) is 2.25. The van der Waals surface area contributed by atoms with Crippen molar-refractivity contribution in [3.63, 3.8) is 0 Å². The third-order valence-electron chi connectivity index (χ3n) is 4.22.